The van der Waals surface area contributed by atoms with Crippen LogP contribution in [0.4, 0.5) is 5.82 Å². The van der Waals surface area contributed by atoms with Crippen molar-refractivity contribution < 1.29 is 0 Å². The van der Waals surface area contributed by atoms with Crippen molar-refractivity contribution in [2.75, 3.05) is 44.2 Å². The van der Waals surface area contributed by atoms with Crippen molar-refractivity contribution in [1.82, 2.24) is 14.3 Å². The van der Waals surface area contributed by atoms with E-state index in [1.54, 1.807) is 0 Å². The maximum absolute atomic E-state index is 5.75. The van der Waals surface area contributed by atoms with Crippen molar-refractivity contribution in [3.63, 3.8) is 0 Å². The zero-order valence-electron chi connectivity index (χ0n) is 12.8. The molecule has 21 heavy (non-hydrogen) atoms. The average Bonchev–Trinajstić information content (AvgIpc) is 2.87. The van der Waals surface area contributed by atoms with Gasteiger partial charge in [-0.25, -0.2) is 4.98 Å². The van der Waals surface area contributed by atoms with Crippen LogP contribution in [0.1, 0.15) is 13.3 Å². The fourth-order valence-electron chi connectivity index (χ4n) is 3.09. The van der Waals surface area contributed by atoms with Gasteiger partial charge in [0.25, 0.3) is 0 Å². The lowest BCUT2D eigenvalue weighted by Crippen LogP contribution is -2.35. The second-order valence-corrected chi connectivity index (χ2v) is 6.02. The van der Waals surface area contributed by atoms with Gasteiger partial charge in [-0.05, 0) is 37.6 Å². The highest BCUT2D eigenvalue weighted by Gasteiger charge is 2.17. The number of anilines is 1. The molecule has 5 heteroatoms. The molecule has 0 saturated carbocycles. The highest BCUT2D eigenvalue weighted by molar-refractivity contribution is 5.51. The second kappa shape index (κ2) is 6.45. The lowest BCUT2D eigenvalue weighted by molar-refractivity contribution is 0.255. The minimum absolute atomic E-state index is 0.577. The fourth-order valence-corrected chi connectivity index (χ4v) is 3.09. The molecule has 0 aliphatic carbocycles. The lowest BCUT2D eigenvalue weighted by Gasteiger charge is -2.25. The molecule has 0 aromatic carbocycles. The Labute approximate surface area is 126 Å². The molecule has 3 rings (SSSR count). The summed E-state index contributed by atoms with van der Waals surface area (Å²) in [5, 5.41) is 0. The van der Waals surface area contributed by atoms with Gasteiger partial charge in [-0.3, -0.25) is 4.40 Å². The quantitative estimate of drug-likeness (QED) is 0.924. The van der Waals surface area contributed by atoms with E-state index in [0.29, 0.717) is 5.92 Å². The molecule has 1 aliphatic rings. The molecule has 1 unspecified atom stereocenters. The van der Waals surface area contributed by atoms with E-state index >= 15 is 0 Å². The van der Waals surface area contributed by atoms with Gasteiger partial charge in [0.15, 0.2) is 0 Å². The first-order valence-corrected chi connectivity index (χ1v) is 7.87. The van der Waals surface area contributed by atoms with Gasteiger partial charge in [0, 0.05) is 38.6 Å². The summed E-state index contributed by atoms with van der Waals surface area (Å²) in [6.07, 6.45) is 5.11. The van der Waals surface area contributed by atoms with E-state index in [9.17, 15) is 0 Å². The molecule has 0 amide bonds. The highest BCUT2D eigenvalue weighted by Crippen LogP contribution is 2.18. The van der Waals surface area contributed by atoms with E-state index in [4.69, 9.17) is 5.73 Å². The normalized spacial score (nSPS) is 18.9. The summed E-state index contributed by atoms with van der Waals surface area (Å²) in [6, 6.07) is 6.33. The summed E-state index contributed by atoms with van der Waals surface area (Å²) in [7, 11) is 0. The van der Waals surface area contributed by atoms with E-state index < -0.39 is 0 Å². The first kappa shape index (κ1) is 14.4. The van der Waals surface area contributed by atoms with Gasteiger partial charge in [0.1, 0.15) is 11.5 Å². The predicted octanol–water partition coefficient (Wildman–Crippen LogP) is 1.44. The third-order valence-electron chi connectivity index (χ3n) is 4.29. The van der Waals surface area contributed by atoms with Gasteiger partial charge in [-0.1, -0.05) is 13.0 Å². The van der Waals surface area contributed by atoms with Crippen LogP contribution >= 0.6 is 0 Å². The minimum Gasteiger partial charge on any atom is -0.356 e. The zero-order chi connectivity index (χ0) is 14.7. The SMILES string of the molecule is CC(CN)CN1CCCN(c2cccc3nccn23)CC1. The molecule has 0 radical (unpaired) electrons. The molecule has 2 N–H and O–H groups in total. The highest BCUT2D eigenvalue weighted by atomic mass is 15.3. The number of nitrogens with zero attached hydrogens (tertiary/aromatic N) is 4. The molecule has 2 aromatic heterocycles. The average molecular weight is 287 g/mol. The van der Waals surface area contributed by atoms with Crippen molar-refractivity contribution in [2.45, 2.75) is 13.3 Å². The third-order valence-corrected chi connectivity index (χ3v) is 4.29. The molecule has 114 valence electrons. The lowest BCUT2D eigenvalue weighted by atomic mass is 10.1. The fraction of sp³-hybridized carbons (Fsp3) is 0.562. The molecular formula is C16H25N5. The summed E-state index contributed by atoms with van der Waals surface area (Å²) >= 11 is 0. The first-order valence-electron chi connectivity index (χ1n) is 7.87. The van der Waals surface area contributed by atoms with Crippen LogP contribution in [-0.4, -0.2) is 53.6 Å². The van der Waals surface area contributed by atoms with Crippen LogP contribution in [0.2, 0.25) is 0 Å². The Bertz CT molecular complexity index is 579. The van der Waals surface area contributed by atoms with Crippen LogP contribution in [0, 0.1) is 5.92 Å². The first-order chi connectivity index (χ1) is 10.3. The summed E-state index contributed by atoms with van der Waals surface area (Å²) in [5.41, 5.74) is 6.77. The Morgan fingerprint density at radius 3 is 3.00 bits per heavy atom. The number of fused-ring (bicyclic) bond motifs is 1. The molecule has 2 aromatic rings. The number of hydrogen-bond acceptors (Lipinski definition) is 4. The van der Waals surface area contributed by atoms with Gasteiger partial charge >= 0.3 is 0 Å². The Balaban J connectivity index is 1.71. The van der Waals surface area contributed by atoms with E-state index in [1.165, 1.54) is 18.8 Å². The van der Waals surface area contributed by atoms with Crippen molar-refractivity contribution in [1.29, 1.82) is 0 Å². The van der Waals surface area contributed by atoms with E-state index in [0.717, 1.165) is 38.4 Å². The monoisotopic (exact) mass is 287 g/mol. The number of pyridine rings is 1. The topological polar surface area (TPSA) is 49.8 Å². The molecule has 1 aliphatic heterocycles. The van der Waals surface area contributed by atoms with Crippen molar-refractivity contribution in [3.8, 4) is 0 Å². The Morgan fingerprint density at radius 2 is 2.14 bits per heavy atom. The van der Waals surface area contributed by atoms with Gasteiger partial charge in [0.05, 0.1) is 0 Å². The Hall–Kier alpha value is -1.59. The van der Waals surface area contributed by atoms with Crippen LogP contribution < -0.4 is 10.6 Å². The third kappa shape index (κ3) is 3.19. The number of hydrogen-bond donors (Lipinski definition) is 1. The van der Waals surface area contributed by atoms with Gasteiger partial charge in [0.2, 0.25) is 0 Å². The number of imidazole rings is 1. The molecule has 1 fully saturated rings. The van der Waals surface area contributed by atoms with Crippen molar-refractivity contribution >= 4 is 11.5 Å². The minimum atomic E-state index is 0.577. The van der Waals surface area contributed by atoms with Crippen LogP contribution in [-0.2, 0) is 0 Å². The Morgan fingerprint density at radius 1 is 1.24 bits per heavy atom. The van der Waals surface area contributed by atoms with E-state index in [-0.39, 0.29) is 0 Å². The Kier molecular flexibility index (Phi) is 4.41. The smallest absolute Gasteiger partial charge is 0.138 e. The molecule has 0 bridgehead atoms. The van der Waals surface area contributed by atoms with Gasteiger partial charge < -0.3 is 15.5 Å². The largest absolute Gasteiger partial charge is 0.356 e. The van der Waals surface area contributed by atoms with Crippen LogP contribution in [0.5, 0.6) is 0 Å². The number of aromatic nitrogens is 2. The molecular weight excluding hydrogens is 262 g/mol. The summed E-state index contributed by atoms with van der Waals surface area (Å²) < 4.78 is 2.18. The molecule has 0 spiro atoms. The standard InChI is InChI=1S/C16H25N5/c1-14(12-17)13-19-7-3-8-20(11-10-19)16-5-2-4-15-18-6-9-21(15)16/h2,4-6,9,14H,3,7-8,10-13,17H2,1H3. The van der Waals surface area contributed by atoms with Crippen LogP contribution in [0.3, 0.4) is 0 Å². The molecule has 1 saturated heterocycles. The number of nitrogens with two attached hydrogens (primary N) is 1. The van der Waals surface area contributed by atoms with Gasteiger partial charge in [-0.15, -0.1) is 0 Å². The van der Waals surface area contributed by atoms with Crippen molar-refractivity contribution in [3.05, 3.63) is 30.6 Å². The number of rotatable bonds is 4. The maximum Gasteiger partial charge on any atom is 0.138 e. The predicted molar refractivity (Wildman–Crippen MR) is 86.7 cm³/mol. The summed E-state index contributed by atoms with van der Waals surface area (Å²) in [5.74, 6) is 1.83. The van der Waals surface area contributed by atoms with E-state index in [1.807, 2.05) is 12.4 Å². The maximum atomic E-state index is 5.75. The zero-order valence-corrected chi connectivity index (χ0v) is 12.8. The molecule has 5 nitrogen and oxygen atoms in total. The van der Waals surface area contributed by atoms with Crippen LogP contribution in [0.25, 0.3) is 5.65 Å². The van der Waals surface area contributed by atoms with Crippen molar-refractivity contribution in [2.24, 2.45) is 11.7 Å². The second-order valence-electron chi connectivity index (χ2n) is 6.02. The van der Waals surface area contributed by atoms with Crippen LogP contribution in [0.15, 0.2) is 30.6 Å². The summed E-state index contributed by atoms with van der Waals surface area (Å²) in [4.78, 5) is 9.40. The summed E-state index contributed by atoms with van der Waals surface area (Å²) in [6.45, 7) is 8.55. The van der Waals surface area contributed by atoms with Gasteiger partial charge in [-0.2, -0.15) is 0 Å². The van der Waals surface area contributed by atoms with E-state index in [2.05, 4.69) is 44.3 Å². The molecule has 1 atom stereocenters. The molecule has 3 heterocycles.